The van der Waals surface area contributed by atoms with E-state index in [0.717, 1.165) is 0 Å². The molecule has 0 amide bonds. The number of hydrogen-bond acceptors (Lipinski definition) is 4. The maximum atomic E-state index is 10.7. The first-order valence-electron chi connectivity index (χ1n) is 2.90. The lowest BCUT2D eigenvalue weighted by Crippen LogP contribution is -2.21. The van der Waals surface area contributed by atoms with Gasteiger partial charge in [0.25, 0.3) is 0 Å². The van der Waals surface area contributed by atoms with Crippen molar-refractivity contribution in [2.45, 2.75) is 0 Å². The van der Waals surface area contributed by atoms with Crippen LogP contribution in [0.25, 0.3) is 0 Å². The van der Waals surface area contributed by atoms with E-state index in [1.165, 1.54) is 7.11 Å². The van der Waals surface area contributed by atoms with Gasteiger partial charge in [-0.2, -0.15) is 5.10 Å². The molecule has 0 aromatic heterocycles. The zero-order valence-electron chi connectivity index (χ0n) is 5.63. The van der Waals surface area contributed by atoms with Crippen molar-refractivity contribution in [3.63, 3.8) is 0 Å². The smallest absolute Gasteiger partial charge is 0.358 e. The number of esters is 1. The largest absolute Gasteiger partial charge is 0.464 e. The second kappa shape index (κ2) is 3.00. The van der Waals surface area contributed by atoms with Crippen LogP contribution in [0.1, 0.15) is 0 Å². The van der Waals surface area contributed by atoms with Crippen molar-refractivity contribution < 1.29 is 9.53 Å². The van der Waals surface area contributed by atoms with Crippen LogP contribution in [0.3, 0.4) is 0 Å². The van der Waals surface area contributed by atoms with Gasteiger partial charge in [0.1, 0.15) is 0 Å². The van der Waals surface area contributed by atoms with Gasteiger partial charge in [0.15, 0.2) is 5.71 Å². The van der Waals surface area contributed by atoms with Crippen molar-refractivity contribution in [1.82, 2.24) is 5.43 Å². The predicted molar refractivity (Wildman–Crippen MR) is 36.6 cm³/mol. The lowest BCUT2D eigenvalue weighted by molar-refractivity contribution is -0.132. The standard InChI is InChI=1S/C6H8N2O2/c1-10-6(9)5-3-2-4-7-8-5/h2-3,7H,4H2,1H3. The maximum Gasteiger partial charge on any atom is 0.358 e. The summed E-state index contributed by atoms with van der Waals surface area (Å²) in [7, 11) is 1.33. The number of carbonyl (C=O) groups is 1. The Morgan fingerprint density at radius 2 is 2.70 bits per heavy atom. The molecule has 1 aliphatic rings. The second-order valence-corrected chi connectivity index (χ2v) is 1.75. The van der Waals surface area contributed by atoms with Gasteiger partial charge in [-0.05, 0) is 6.08 Å². The van der Waals surface area contributed by atoms with E-state index in [2.05, 4.69) is 15.3 Å². The first-order chi connectivity index (χ1) is 4.84. The van der Waals surface area contributed by atoms with Gasteiger partial charge in [0.05, 0.1) is 13.7 Å². The fourth-order valence-corrected chi connectivity index (χ4v) is 0.610. The van der Waals surface area contributed by atoms with Crippen LogP contribution < -0.4 is 5.43 Å². The highest BCUT2D eigenvalue weighted by Crippen LogP contribution is 1.89. The predicted octanol–water partition coefficient (Wildman–Crippen LogP) is -0.325. The third-order valence-corrected chi connectivity index (χ3v) is 1.08. The lowest BCUT2D eigenvalue weighted by Gasteiger charge is -2.03. The van der Waals surface area contributed by atoms with Crippen LogP contribution in [0, 0.1) is 0 Å². The zero-order chi connectivity index (χ0) is 7.40. The molecule has 1 aliphatic heterocycles. The summed E-state index contributed by atoms with van der Waals surface area (Å²) in [6, 6.07) is 0. The zero-order valence-corrected chi connectivity index (χ0v) is 5.63. The Bertz CT molecular complexity index is 196. The second-order valence-electron chi connectivity index (χ2n) is 1.75. The summed E-state index contributed by atoms with van der Waals surface area (Å²) in [4.78, 5) is 10.7. The molecule has 1 heterocycles. The van der Waals surface area contributed by atoms with Gasteiger partial charge in [-0.1, -0.05) is 6.08 Å². The molecule has 0 unspecified atom stereocenters. The molecular weight excluding hydrogens is 132 g/mol. The van der Waals surface area contributed by atoms with Crippen LogP contribution in [-0.4, -0.2) is 25.3 Å². The van der Waals surface area contributed by atoms with Crippen LogP contribution in [0.15, 0.2) is 17.3 Å². The molecule has 0 fully saturated rings. The Kier molecular flexibility index (Phi) is 2.04. The molecule has 0 aromatic carbocycles. The van der Waals surface area contributed by atoms with Crippen molar-refractivity contribution in [3.8, 4) is 0 Å². The van der Waals surface area contributed by atoms with Crippen molar-refractivity contribution in [2.75, 3.05) is 13.7 Å². The van der Waals surface area contributed by atoms with Crippen LogP contribution >= 0.6 is 0 Å². The fraction of sp³-hybridized carbons (Fsp3) is 0.333. The summed E-state index contributed by atoms with van der Waals surface area (Å²) in [5.74, 6) is -0.413. The molecule has 10 heavy (non-hydrogen) atoms. The monoisotopic (exact) mass is 140 g/mol. The molecule has 0 aromatic rings. The van der Waals surface area contributed by atoms with Crippen LogP contribution in [0.5, 0.6) is 0 Å². The highest BCUT2D eigenvalue weighted by atomic mass is 16.5. The van der Waals surface area contributed by atoms with E-state index in [1.54, 1.807) is 12.2 Å². The minimum absolute atomic E-state index is 0.314. The number of ether oxygens (including phenoxy) is 1. The molecule has 54 valence electrons. The third kappa shape index (κ3) is 1.34. The Hall–Kier alpha value is -1.32. The Balaban J connectivity index is 2.63. The van der Waals surface area contributed by atoms with E-state index in [0.29, 0.717) is 12.3 Å². The van der Waals surface area contributed by atoms with E-state index in [1.807, 2.05) is 0 Å². The van der Waals surface area contributed by atoms with E-state index in [-0.39, 0.29) is 0 Å². The average molecular weight is 140 g/mol. The van der Waals surface area contributed by atoms with E-state index >= 15 is 0 Å². The molecule has 1 rings (SSSR count). The lowest BCUT2D eigenvalue weighted by atomic mass is 10.3. The quantitative estimate of drug-likeness (QED) is 0.507. The van der Waals surface area contributed by atoms with E-state index < -0.39 is 5.97 Å². The average Bonchev–Trinajstić information content (AvgIpc) is 2.05. The molecule has 0 aliphatic carbocycles. The number of nitrogens with one attached hydrogen (secondary N) is 1. The Labute approximate surface area is 58.6 Å². The first-order valence-corrected chi connectivity index (χ1v) is 2.90. The molecule has 1 N–H and O–H groups in total. The summed E-state index contributed by atoms with van der Waals surface area (Å²) in [6.07, 6.45) is 3.43. The number of rotatable bonds is 1. The maximum absolute atomic E-state index is 10.7. The highest BCUT2D eigenvalue weighted by Gasteiger charge is 2.08. The summed E-state index contributed by atoms with van der Waals surface area (Å²) < 4.78 is 4.43. The third-order valence-electron chi connectivity index (χ3n) is 1.08. The van der Waals surface area contributed by atoms with Crippen LogP contribution in [-0.2, 0) is 9.53 Å². The van der Waals surface area contributed by atoms with Gasteiger partial charge in [0.2, 0.25) is 0 Å². The van der Waals surface area contributed by atoms with Gasteiger partial charge in [-0.25, -0.2) is 4.79 Å². The van der Waals surface area contributed by atoms with Gasteiger partial charge in [-0.3, -0.25) is 0 Å². The number of nitrogens with zero attached hydrogens (tertiary/aromatic N) is 1. The fourth-order valence-electron chi connectivity index (χ4n) is 0.610. The number of hydrogen-bond donors (Lipinski definition) is 1. The van der Waals surface area contributed by atoms with Gasteiger partial charge in [0, 0.05) is 0 Å². The molecule has 0 saturated heterocycles. The minimum Gasteiger partial charge on any atom is -0.464 e. The van der Waals surface area contributed by atoms with Crippen LogP contribution in [0.4, 0.5) is 0 Å². The van der Waals surface area contributed by atoms with Crippen molar-refractivity contribution >= 4 is 11.7 Å². The molecular formula is C6H8N2O2. The number of hydrazone groups is 1. The molecule has 0 bridgehead atoms. The summed E-state index contributed by atoms with van der Waals surface area (Å²) >= 11 is 0. The summed E-state index contributed by atoms with van der Waals surface area (Å²) in [5.41, 5.74) is 2.96. The van der Waals surface area contributed by atoms with Gasteiger partial charge >= 0.3 is 5.97 Å². The minimum atomic E-state index is -0.413. The first kappa shape index (κ1) is 6.80. The molecule has 0 saturated carbocycles. The summed E-state index contributed by atoms with van der Waals surface area (Å²) in [5, 5.41) is 3.71. The number of methoxy groups -OCH3 is 1. The topological polar surface area (TPSA) is 50.7 Å². The SMILES string of the molecule is COC(=O)C1=NNCC=C1. The Morgan fingerprint density at radius 3 is 3.20 bits per heavy atom. The Morgan fingerprint density at radius 1 is 1.90 bits per heavy atom. The van der Waals surface area contributed by atoms with Crippen molar-refractivity contribution in [2.24, 2.45) is 5.10 Å². The van der Waals surface area contributed by atoms with Crippen molar-refractivity contribution in [1.29, 1.82) is 0 Å². The molecule has 4 nitrogen and oxygen atoms in total. The molecule has 0 spiro atoms. The van der Waals surface area contributed by atoms with Gasteiger partial charge < -0.3 is 10.2 Å². The molecule has 4 heteroatoms. The van der Waals surface area contributed by atoms with Gasteiger partial charge in [-0.15, -0.1) is 0 Å². The van der Waals surface area contributed by atoms with Crippen molar-refractivity contribution in [3.05, 3.63) is 12.2 Å². The highest BCUT2D eigenvalue weighted by molar-refractivity contribution is 6.41. The normalized spacial score (nSPS) is 15.5. The van der Waals surface area contributed by atoms with E-state index in [9.17, 15) is 4.79 Å². The van der Waals surface area contributed by atoms with E-state index in [4.69, 9.17) is 0 Å². The summed E-state index contributed by atoms with van der Waals surface area (Å²) in [6.45, 7) is 0.667. The molecule has 0 radical (unpaired) electrons. The molecule has 0 atom stereocenters. The number of carbonyl (C=O) groups excluding carboxylic acids is 1. The van der Waals surface area contributed by atoms with Crippen LogP contribution in [0.2, 0.25) is 0 Å².